The van der Waals surface area contributed by atoms with Crippen LogP contribution in [0.5, 0.6) is 0 Å². The molecule has 3 rings (SSSR count). The molecule has 2 aromatic carbocycles. The molecular weight excluding hydrogens is 348 g/mol. The SMILES string of the molecule is Cc1ccc(CCC(=O)Nc2ccc3c(c2)N(S(C)(=O)=O)CCC3)cc1. The van der Waals surface area contributed by atoms with Crippen molar-refractivity contribution in [3.05, 3.63) is 59.2 Å². The molecule has 1 amide bonds. The fraction of sp³-hybridized carbons (Fsp3) is 0.350. The molecule has 0 spiro atoms. The molecule has 1 aliphatic rings. The van der Waals surface area contributed by atoms with Crippen LogP contribution in [0.4, 0.5) is 11.4 Å². The van der Waals surface area contributed by atoms with Gasteiger partial charge in [0, 0.05) is 18.7 Å². The van der Waals surface area contributed by atoms with Gasteiger partial charge >= 0.3 is 0 Å². The van der Waals surface area contributed by atoms with E-state index >= 15 is 0 Å². The number of aryl methyl sites for hydroxylation is 3. The van der Waals surface area contributed by atoms with Gasteiger partial charge in [-0.25, -0.2) is 8.42 Å². The predicted molar refractivity (Wildman–Crippen MR) is 105 cm³/mol. The van der Waals surface area contributed by atoms with Crippen LogP contribution in [0.15, 0.2) is 42.5 Å². The predicted octanol–water partition coefficient (Wildman–Crippen LogP) is 3.28. The second kappa shape index (κ2) is 7.50. The molecule has 0 saturated carbocycles. The van der Waals surface area contributed by atoms with Gasteiger partial charge in [0.2, 0.25) is 15.9 Å². The summed E-state index contributed by atoms with van der Waals surface area (Å²) in [6, 6.07) is 13.7. The number of benzene rings is 2. The molecule has 0 aromatic heterocycles. The topological polar surface area (TPSA) is 66.5 Å². The number of sulfonamides is 1. The largest absolute Gasteiger partial charge is 0.326 e. The first-order valence-corrected chi connectivity index (χ1v) is 10.6. The average molecular weight is 372 g/mol. The van der Waals surface area contributed by atoms with Crippen molar-refractivity contribution >= 4 is 27.3 Å². The number of anilines is 2. The number of amides is 1. The Bertz CT molecular complexity index is 905. The minimum absolute atomic E-state index is 0.0766. The molecule has 2 aromatic rings. The van der Waals surface area contributed by atoms with Crippen LogP contribution in [-0.2, 0) is 27.7 Å². The van der Waals surface area contributed by atoms with E-state index in [4.69, 9.17) is 0 Å². The van der Waals surface area contributed by atoms with E-state index in [0.29, 0.717) is 30.8 Å². The lowest BCUT2D eigenvalue weighted by molar-refractivity contribution is -0.116. The van der Waals surface area contributed by atoms with Crippen LogP contribution in [0.25, 0.3) is 0 Å². The van der Waals surface area contributed by atoms with E-state index in [2.05, 4.69) is 5.32 Å². The zero-order chi connectivity index (χ0) is 18.7. The fourth-order valence-electron chi connectivity index (χ4n) is 3.20. The number of carbonyl (C=O) groups is 1. The Hall–Kier alpha value is -2.34. The highest BCUT2D eigenvalue weighted by Crippen LogP contribution is 2.31. The summed E-state index contributed by atoms with van der Waals surface area (Å²) in [7, 11) is -3.31. The van der Waals surface area contributed by atoms with Gasteiger partial charge in [0.15, 0.2) is 0 Å². The molecule has 6 heteroatoms. The van der Waals surface area contributed by atoms with Crippen molar-refractivity contribution in [2.24, 2.45) is 0 Å². The van der Waals surface area contributed by atoms with Crippen LogP contribution >= 0.6 is 0 Å². The summed E-state index contributed by atoms with van der Waals surface area (Å²) in [5.74, 6) is -0.0766. The molecule has 0 atom stereocenters. The molecular formula is C20H24N2O3S. The maximum absolute atomic E-state index is 12.3. The van der Waals surface area contributed by atoms with E-state index < -0.39 is 10.0 Å². The minimum atomic E-state index is -3.31. The number of rotatable bonds is 5. The van der Waals surface area contributed by atoms with E-state index in [9.17, 15) is 13.2 Å². The van der Waals surface area contributed by atoms with Crippen LogP contribution in [0.1, 0.15) is 29.5 Å². The third kappa shape index (κ3) is 4.43. The van der Waals surface area contributed by atoms with Gasteiger partial charge in [0.1, 0.15) is 0 Å². The van der Waals surface area contributed by atoms with E-state index in [0.717, 1.165) is 24.0 Å². The van der Waals surface area contributed by atoms with Crippen molar-refractivity contribution in [1.82, 2.24) is 0 Å². The standard InChI is InChI=1S/C20H24N2O3S/c1-15-5-7-16(8-6-15)9-12-20(23)21-18-11-10-17-4-3-13-22(19(17)14-18)26(2,24)25/h5-8,10-11,14H,3-4,9,12-13H2,1-2H3,(H,21,23). The quantitative estimate of drug-likeness (QED) is 0.876. The molecule has 0 bridgehead atoms. The van der Waals surface area contributed by atoms with E-state index in [1.165, 1.54) is 16.1 Å². The lowest BCUT2D eigenvalue weighted by Gasteiger charge is -2.29. The zero-order valence-corrected chi connectivity index (χ0v) is 16.0. The number of hydrogen-bond donors (Lipinski definition) is 1. The second-order valence-corrected chi connectivity index (χ2v) is 8.72. The summed E-state index contributed by atoms with van der Waals surface area (Å²) in [6.07, 6.45) is 3.93. The number of nitrogens with zero attached hydrogens (tertiary/aromatic N) is 1. The van der Waals surface area contributed by atoms with E-state index in [1.807, 2.05) is 43.3 Å². The van der Waals surface area contributed by atoms with Crippen LogP contribution in [-0.4, -0.2) is 27.1 Å². The van der Waals surface area contributed by atoms with Crippen LogP contribution in [0.2, 0.25) is 0 Å². The van der Waals surface area contributed by atoms with Gasteiger partial charge in [-0.3, -0.25) is 9.10 Å². The van der Waals surface area contributed by atoms with Crippen molar-refractivity contribution in [3.8, 4) is 0 Å². The third-order valence-corrected chi connectivity index (χ3v) is 5.79. The molecule has 0 unspecified atom stereocenters. The van der Waals surface area contributed by atoms with Gasteiger partial charge in [-0.2, -0.15) is 0 Å². The summed E-state index contributed by atoms with van der Waals surface area (Å²) in [4.78, 5) is 12.3. The van der Waals surface area contributed by atoms with Gasteiger partial charge in [-0.15, -0.1) is 0 Å². The van der Waals surface area contributed by atoms with Crippen molar-refractivity contribution in [3.63, 3.8) is 0 Å². The first kappa shape index (κ1) is 18.5. The first-order valence-electron chi connectivity index (χ1n) is 8.79. The first-order chi connectivity index (χ1) is 12.3. The van der Waals surface area contributed by atoms with Gasteiger partial charge in [-0.1, -0.05) is 35.9 Å². The number of hydrogen-bond acceptors (Lipinski definition) is 3. The number of fused-ring (bicyclic) bond motifs is 1. The Morgan fingerprint density at radius 2 is 1.88 bits per heavy atom. The van der Waals surface area contributed by atoms with Crippen LogP contribution < -0.4 is 9.62 Å². The Morgan fingerprint density at radius 1 is 1.15 bits per heavy atom. The average Bonchev–Trinajstić information content (AvgIpc) is 2.60. The molecule has 1 N–H and O–H groups in total. The van der Waals surface area contributed by atoms with Gasteiger partial charge in [-0.05, 0) is 49.4 Å². The third-order valence-electron chi connectivity index (χ3n) is 4.61. The minimum Gasteiger partial charge on any atom is -0.326 e. The van der Waals surface area contributed by atoms with Crippen molar-refractivity contribution in [2.45, 2.75) is 32.6 Å². The fourth-order valence-corrected chi connectivity index (χ4v) is 4.19. The maximum atomic E-state index is 12.3. The summed E-state index contributed by atoms with van der Waals surface area (Å²) in [5, 5.41) is 2.89. The highest BCUT2D eigenvalue weighted by atomic mass is 32.2. The summed E-state index contributed by atoms with van der Waals surface area (Å²) < 4.78 is 25.4. The molecule has 0 fully saturated rings. The molecule has 5 nitrogen and oxygen atoms in total. The smallest absolute Gasteiger partial charge is 0.232 e. The molecule has 0 aliphatic carbocycles. The molecule has 26 heavy (non-hydrogen) atoms. The molecule has 0 radical (unpaired) electrons. The monoisotopic (exact) mass is 372 g/mol. The number of nitrogens with one attached hydrogen (secondary N) is 1. The maximum Gasteiger partial charge on any atom is 0.232 e. The lowest BCUT2D eigenvalue weighted by Crippen LogP contribution is -2.34. The Balaban J connectivity index is 1.68. The van der Waals surface area contributed by atoms with Crippen molar-refractivity contribution in [2.75, 3.05) is 22.4 Å². The van der Waals surface area contributed by atoms with Crippen LogP contribution in [0.3, 0.4) is 0 Å². The van der Waals surface area contributed by atoms with Crippen molar-refractivity contribution in [1.29, 1.82) is 0 Å². The van der Waals surface area contributed by atoms with Gasteiger partial charge < -0.3 is 5.32 Å². The highest BCUT2D eigenvalue weighted by molar-refractivity contribution is 7.92. The normalized spacial score (nSPS) is 14.0. The molecule has 1 heterocycles. The Morgan fingerprint density at radius 3 is 2.58 bits per heavy atom. The van der Waals surface area contributed by atoms with Gasteiger partial charge in [0.25, 0.3) is 0 Å². The summed E-state index contributed by atoms with van der Waals surface area (Å²) in [6.45, 7) is 2.52. The van der Waals surface area contributed by atoms with E-state index in [1.54, 1.807) is 6.07 Å². The molecule has 1 aliphatic heterocycles. The number of carbonyl (C=O) groups excluding carboxylic acids is 1. The van der Waals surface area contributed by atoms with Gasteiger partial charge in [0.05, 0.1) is 11.9 Å². The molecule has 138 valence electrons. The summed E-state index contributed by atoms with van der Waals surface area (Å²) >= 11 is 0. The van der Waals surface area contributed by atoms with Crippen molar-refractivity contribution < 1.29 is 13.2 Å². The summed E-state index contributed by atoms with van der Waals surface area (Å²) in [5.41, 5.74) is 4.63. The second-order valence-electron chi connectivity index (χ2n) is 6.82. The van der Waals surface area contributed by atoms with E-state index in [-0.39, 0.29) is 5.91 Å². The Kier molecular flexibility index (Phi) is 5.32. The lowest BCUT2D eigenvalue weighted by atomic mass is 10.0. The zero-order valence-electron chi connectivity index (χ0n) is 15.2. The highest BCUT2D eigenvalue weighted by Gasteiger charge is 2.24. The van der Waals surface area contributed by atoms with Crippen LogP contribution in [0, 0.1) is 6.92 Å². The molecule has 0 saturated heterocycles. The Labute approximate surface area is 155 Å².